The summed E-state index contributed by atoms with van der Waals surface area (Å²) in [6.07, 6.45) is 0. The van der Waals surface area contributed by atoms with E-state index in [9.17, 15) is 24.6 Å². The third-order valence-electron chi connectivity index (χ3n) is 5.03. The van der Waals surface area contributed by atoms with Crippen LogP contribution in [0.5, 0.6) is 0 Å². The minimum atomic E-state index is -1.66. The molecule has 174 valence electrons. The zero-order valence-corrected chi connectivity index (χ0v) is 19.7. The molecule has 16 heteroatoms. The Kier molecular flexibility index (Phi) is 7.09. The molecular formula is C16H21N7O6S3. The number of nitrogens with zero attached hydrogens (tertiary/aromatic N) is 6. The number of aryl methyl sites for hydroxylation is 1. The SMILES string of the molecule is CO[C@@]1(N(C[C@H](N)C(=O)O)C(C)=S)C(=O)N2C(C(=O)O)=C(CSc3nnnn3C)CS[C@@H]21. The van der Waals surface area contributed by atoms with Crippen molar-refractivity contribution >= 4 is 58.6 Å². The fraction of sp³-hybridized carbons (Fsp3) is 0.562. The molecular weight excluding hydrogens is 482 g/mol. The molecule has 1 fully saturated rings. The van der Waals surface area contributed by atoms with E-state index in [0.717, 1.165) is 4.90 Å². The summed E-state index contributed by atoms with van der Waals surface area (Å²) >= 11 is 7.80. The molecule has 3 heterocycles. The molecule has 0 spiro atoms. The van der Waals surface area contributed by atoms with Gasteiger partial charge in [0.05, 0.1) is 4.99 Å². The standard InChI is InChI=1S/C16H21N7O6S3/c1-7(30)22(4-9(17)11(24)25)16(29-3)13(28)23-10(12(26)27)8(5-31-14(16)23)6-32-15-18-19-20-21(15)2/h9,14H,4-6,17H2,1-3H3,(H,24,25)(H,26,27)/t9-,14+,16-/m0/s1. The number of hydrogen-bond donors (Lipinski definition) is 3. The van der Waals surface area contributed by atoms with Gasteiger partial charge in [0, 0.05) is 32.2 Å². The molecule has 0 bridgehead atoms. The van der Waals surface area contributed by atoms with E-state index in [1.54, 1.807) is 7.05 Å². The van der Waals surface area contributed by atoms with E-state index in [-0.39, 0.29) is 23.0 Å². The summed E-state index contributed by atoms with van der Waals surface area (Å²) in [6, 6.07) is -1.32. The lowest BCUT2D eigenvalue weighted by Gasteiger charge is -2.60. The quantitative estimate of drug-likeness (QED) is 0.161. The molecule has 1 saturated heterocycles. The van der Waals surface area contributed by atoms with Crippen molar-refractivity contribution in [3.05, 3.63) is 11.3 Å². The van der Waals surface area contributed by atoms with Crippen molar-refractivity contribution in [2.75, 3.05) is 25.2 Å². The lowest BCUT2D eigenvalue weighted by Crippen LogP contribution is -2.81. The molecule has 3 atom stereocenters. The highest BCUT2D eigenvalue weighted by molar-refractivity contribution is 8.01. The molecule has 0 aliphatic carbocycles. The number of carbonyl (C=O) groups is 3. The van der Waals surface area contributed by atoms with Crippen LogP contribution in [0.3, 0.4) is 0 Å². The smallest absolute Gasteiger partial charge is 0.352 e. The van der Waals surface area contributed by atoms with Gasteiger partial charge in [0.2, 0.25) is 5.16 Å². The van der Waals surface area contributed by atoms with Gasteiger partial charge >= 0.3 is 11.9 Å². The van der Waals surface area contributed by atoms with Gasteiger partial charge in [-0.15, -0.1) is 16.9 Å². The first-order valence-corrected chi connectivity index (χ1v) is 11.6. The fourth-order valence-electron chi connectivity index (χ4n) is 3.50. The van der Waals surface area contributed by atoms with Gasteiger partial charge in [0.15, 0.2) is 0 Å². The molecule has 1 amide bonds. The fourth-order valence-corrected chi connectivity index (χ4v) is 6.19. The number of nitrogens with two attached hydrogens (primary N) is 1. The van der Waals surface area contributed by atoms with Gasteiger partial charge in [-0.3, -0.25) is 14.5 Å². The first kappa shape index (κ1) is 24.4. The summed E-state index contributed by atoms with van der Waals surface area (Å²) in [5, 5.41) is 30.0. The Morgan fingerprint density at radius 3 is 2.69 bits per heavy atom. The lowest BCUT2D eigenvalue weighted by atomic mass is 9.95. The number of amides is 1. The molecule has 2 aliphatic heterocycles. The monoisotopic (exact) mass is 503 g/mol. The van der Waals surface area contributed by atoms with Crippen molar-refractivity contribution < 1.29 is 29.3 Å². The number of thioether (sulfide) groups is 2. The van der Waals surface area contributed by atoms with E-state index in [1.165, 1.54) is 47.1 Å². The first-order valence-electron chi connectivity index (χ1n) is 9.13. The molecule has 0 unspecified atom stereocenters. The van der Waals surface area contributed by atoms with E-state index in [0.29, 0.717) is 16.5 Å². The van der Waals surface area contributed by atoms with Crippen LogP contribution < -0.4 is 5.73 Å². The number of fused-ring (bicyclic) bond motifs is 1. The highest BCUT2D eigenvalue weighted by Gasteiger charge is 2.69. The summed E-state index contributed by atoms with van der Waals surface area (Å²) in [7, 11) is 2.96. The Labute approximate surface area is 196 Å². The van der Waals surface area contributed by atoms with Crippen LogP contribution in [0.25, 0.3) is 0 Å². The Morgan fingerprint density at radius 2 is 2.19 bits per heavy atom. The summed E-state index contributed by atoms with van der Waals surface area (Å²) in [5.41, 5.74) is 4.41. The number of methoxy groups -OCH3 is 1. The molecule has 0 saturated carbocycles. The maximum atomic E-state index is 13.4. The second-order valence-corrected chi connectivity index (χ2v) is 9.55. The third-order valence-corrected chi connectivity index (χ3v) is 7.71. The molecule has 1 aromatic rings. The van der Waals surface area contributed by atoms with E-state index >= 15 is 0 Å². The number of aliphatic carboxylic acids is 2. The van der Waals surface area contributed by atoms with Gasteiger partial charge in [-0.1, -0.05) is 24.0 Å². The summed E-state index contributed by atoms with van der Waals surface area (Å²) < 4.78 is 7.04. The Bertz CT molecular complexity index is 1000. The minimum absolute atomic E-state index is 0.140. The average molecular weight is 504 g/mol. The summed E-state index contributed by atoms with van der Waals surface area (Å²) in [5.74, 6) is -2.61. The van der Waals surface area contributed by atoms with Gasteiger partial charge in [0.25, 0.3) is 11.6 Å². The Hall–Kier alpha value is -2.27. The van der Waals surface area contributed by atoms with E-state index in [4.69, 9.17) is 22.7 Å². The number of carboxylic acid groups (broad SMARTS) is 2. The molecule has 0 aromatic carbocycles. The maximum Gasteiger partial charge on any atom is 0.352 e. The number of β-lactam (4-membered cyclic amide) rings is 1. The molecule has 4 N–H and O–H groups in total. The average Bonchev–Trinajstić information content (AvgIpc) is 3.15. The largest absolute Gasteiger partial charge is 0.480 e. The van der Waals surface area contributed by atoms with Gasteiger partial charge in [0.1, 0.15) is 17.1 Å². The normalized spacial score (nSPS) is 23.4. The number of ether oxygens (including phenoxy) is 1. The number of thiocarbonyl (C=S) groups is 1. The van der Waals surface area contributed by atoms with Crippen LogP contribution in [0.4, 0.5) is 0 Å². The van der Waals surface area contributed by atoms with Crippen molar-refractivity contribution in [3.8, 4) is 0 Å². The van der Waals surface area contributed by atoms with Crippen LogP contribution in [-0.2, 0) is 26.2 Å². The van der Waals surface area contributed by atoms with Crippen LogP contribution in [0.1, 0.15) is 6.92 Å². The zero-order valence-electron chi connectivity index (χ0n) is 17.3. The van der Waals surface area contributed by atoms with E-state index in [1.807, 2.05) is 0 Å². The molecule has 2 aliphatic rings. The maximum absolute atomic E-state index is 13.4. The van der Waals surface area contributed by atoms with Gasteiger partial charge in [-0.25, -0.2) is 9.48 Å². The predicted molar refractivity (Wildman–Crippen MR) is 118 cm³/mol. The summed E-state index contributed by atoms with van der Waals surface area (Å²) in [4.78, 5) is 39.4. The zero-order chi connectivity index (χ0) is 23.8. The lowest BCUT2D eigenvalue weighted by molar-refractivity contribution is -0.211. The van der Waals surface area contributed by atoms with Crippen LogP contribution in [0.2, 0.25) is 0 Å². The number of tetrazole rings is 1. The molecule has 0 radical (unpaired) electrons. The van der Waals surface area contributed by atoms with Crippen molar-refractivity contribution in [3.63, 3.8) is 0 Å². The number of rotatable bonds is 9. The number of aromatic nitrogens is 4. The third kappa shape index (κ3) is 3.96. The minimum Gasteiger partial charge on any atom is -0.480 e. The number of hydrogen-bond acceptors (Lipinski definition) is 11. The molecule has 1 aromatic heterocycles. The topological polar surface area (TPSA) is 177 Å². The van der Waals surface area contributed by atoms with E-state index < -0.39 is 35.0 Å². The van der Waals surface area contributed by atoms with Crippen LogP contribution >= 0.6 is 35.7 Å². The summed E-state index contributed by atoms with van der Waals surface area (Å²) in [6.45, 7) is 1.25. The van der Waals surface area contributed by atoms with Crippen LogP contribution in [-0.4, -0.2) is 105 Å². The highest BCUT2D eigenvalue weighted by Crippen LogP contribution is 2.50. The highest BCUT2D eigenvalue weighted by atomic mass is 32.2. The predicted octanol–water partition coefficient (Wildman–Crippen LogP) is -1.04. The Balaban J connectivity index is 1.92. The second kappa shape index (κ2) is 9.30. The first-order chi connectivity index (χ1) is 15.1. The molecule has 3 rings (SSSR count). The van der Waals surface area contributed by atoms with Crippen LogP contribution in [0, 0.1) is 0 Å². The number of carbonyl (C=O) groups excluding carboxylic acids is 1. The van der Waals surface area contributed by atoms with E-state index in [2.05, 4.69) is 15.5 Å². The van der Waals surface area contributed by atoms with Gasteiger partial charge in [-0.05, 0) is 22.9 Å². The van der Waals surface area contributed by atoms with Crippen molar-refractivity contribution in [2.45, 2.75) is 29.2 Å². The van der Waals surface area contributed by atoms with Crippen LogP contribution in [0.15, 0.2) is 16.4 Å². The van der Waals surface area contributed by atoms with Gasteiger partial charge in [-0.2, -0.15) is 0 Å². The van der Waals surface area contributed by atoms with Crippen molar-refractivity contribution in [1.29, 1.82) is 0 Å². The second-order valence-electron chi connectivity index (χ2n) is 6.94. The molecule has 32 heavy (non-hydrogen) atoms. The Morgan fingerprint density at radius 1 is 1.50 bits per heavy atom. The van der Waals surface area contributed by atoms with Crippen molar-refractivity contribution in [1.82, 2.24) is 30.0 Å². The molecule has 13 nitrogen and oxygen atoms in total. The number of carboxylic acids is 2. The van der Waals surface area contributed by atoms with Crippen molar-refractivity contribution in [2.24, 2.45) is 12.8 Å². The van der Waals surface area contributed by atoms with Gasteiger partial charge < -0.3 is 25.6 Å².